The number of nitrogens with zero attached hydrogens (tertiary/aromatic N) is 2. The number of aromatic nitrogens is 2. The SMILES string of the molecule is CCCNC(=O)COc1cccc(-c2nc(-c3ccccc3)no2)c1. The number of ether oxygens (including phenoxy) is 1. The van der Waals surface area contributed by atoms with Crippen LogP contribution in [0.5, 0.6) is 5.75 Å². The number of nitrogens with one attached hydrogen (secondary N) is 1. The normalized spacial score (nSPS) is 10.4. The van der Waals surface area contributed by atoms with Gasteiger partial charge in [-0.05, 0) is 24.6 Å². The predicted molar refractivity (Wildman–Crippen MR) is 94.0 cm³/mol. The maximum absolute atomic E-state index is 11.6. The van der Waals surface area contributed by atoms with E-state index in [9.17, 15) is 4.79 Å². The van der Waals surface area contributed by atoms with E-state index in [0.717, 1.165) is 17.5 Å². The van der Waals surface area contributed by atoms with Crippen LogP contribution in [0.3, 0.4) is 0 Å². The summed E-state index contributed by atoms with van der Waals surface area (Å²) >= 11 is 0. The van der Waals surface area contributed by atoms with E-state index in [-0.39, 0.29) is 12.5 Å². The van der Waals surface area contributed by atoms with Gasteiger partial charge in [-0.1, -0.05) is 48.5 Å². The molecule has 1 aromatic heterocycles. The summed E-state index contributed by atoms with van der Waals surface area (Å²) in [7, 11) is 0. The summed E-state index contributed by atoms with van der Waals surface area (Å²) in [6, 6.07) is 16.8. The predicted octanol–water partition coefficient (Wildman–Crippen LogP) is 3.31. The smallest absolute Gasteiger partial charge is 0.258 e. The van der Waals surface area contributed by atoms with E-state index in [0.29, 0.717) is 24.0 Å². The van der Waals surface area contributed by atoms with Crippen molar-refractivity contribution in [2.75, 3.05) is 13.2 Å². The van der Waals surface area contributed by atoms with Crippen molar-refractivity contribution >= 4 is 5.91 Å². The maximum Gasteiger partial charge on any atom is 0.258 e. The Labute approximate surface area is 145 Å². The van der Waals surface area contributed by atoms with Crippen LogP contribution in [-0.4, -0.2) is 29.2 Å². The quantitative estimate of drug-likeness (QED) is 0.716. The van der Waals surface area contributed by atoms with Crippen molar-refractivity contribution in [3.05, 3.63) is 54.6 Å². The molecule has 0 saturated carbocycles. The van der Waals surface area contributed by atoms with Gasteiger partial charge in [0, 0.05) is 17.7 Å². The Morgan fingerprint density at radius 3 is 2.72 bits per heavy atom. The van der Waals surface area contributed by atoms with Gasteiger partial charge in [0.2, 0.25) is 5.82 Å². The Bertz CT molecular complexity index is 831. The molecule has 0 unspecified atom stereocenters. The highest BCUT2D eigenvalue weighted by atomic mass is 16.5. The third-order valence-electron chi connectivity index (χ3n) is 3.48. The van der Waals surface area contributed by atoms with Crippen molar-refractivity contribution in [2.45, 2.75) is 13.3 Å². The highest BCUT2D eigenvalue weighted by Gasteiger charge is 2.11. The Kier molecular flexibility index (Phi) is 5.41. The van der Waals surface area contributed by atoms with Crippen molar-refractivity contribution in [2.24, 2.45) is 0 Å². The third-order valence-corrected chi connectivity index (χ3v) is 3.48. The Balaban J connectivity index is 1.69. The molecule has 128 valence electrons. The molecule has 1 heterocycles. The molecule has 0 aliphatic carbocycles. The molecule has 3 aromatic rings. The van der Waals surface area contributed by atoms with E-state index in [1.807, 2.05) is 49.4 Å². The zero-order valence-electron chi connectivity index (χ0n) is 13.9. The van der Waals surface area contributed by atoms with Crippen molar-refractivity contribution < 1.29 is 14.1 Å². The van der Waals surface area contributed by atoms with Gasteiger partial charge < -0.3 is 14.6 Å². The van der Waals surface area contributed by atoms with Gasteiger partial charge in [0.1, 0.15) is 5.75 Å². The Hall–Kier alpha value is -3.15. The monoisotopic (exact) mass is 337 g/mol. The fraction of sp³-hybridized carbons (Fsp3) is 0.211. The average Bonchev–Trinajstić information content (AvgIpc) is 3.16. The van der Waals surface area contributed by atoms with Crippen molar-refractivity contribution in [1.29, 1.82) is 0 Å². The highest BCUT2D eigenvalue weighted by Crippen LogP contribution is 2.25. The van der Waals surface area contributed by atoms with Gasteiger partial charge in [0.25, 0.3) is 11.8 Å². The molecule has 2 aromatic carbocycles. The van der Waals surface area contributed by atoms with Gasteiger partial charge in [-0.2, -0.15) is 4.98 Å². The molecule has 6 nitrogen and oxygen atoms in total. The maximum atomic E-state index is 11.6. The number of carbonyl (C=O) groups is 1. The Morgan fingerprint density at radius 1 is 1.12 bits per heavy atom. The molecule has 1 N–H and O–H groups in total. The highest BCUT2D eigenvalue weighted by molar-refractivity contribution is 5.77. The van der Waals surface area contributed by atoms with Crippen LogP contribution in [0.15, 0.2) is 59.1 Å². The van der Waals surface area contributed by atoms with E-state index in [2.05, 4.69) is 15.5 Å². The molecule has 0 spiro atoms. The molecule has 25 heavy (non-hydrogen) atoms. The average molecular weight is 337 g/mol. The third kappa shape index (κ3) is 4.44. The number of carbonyl (C=O) groups excluding carboxylic acids is 1. The number of amides is 1. The summed E-state index contributed by atoms with van der Waals surface area (Å²) in [6.07, 6.45) is 0.891. The number of hydrogen-bond donors (Lipinski definition) is 1. The minimum Gasteiger partial charge on any atom is -0.484 e. The summed E-state index contributed by atoms with van der Waals surface area (Å²) in [5, 5.41) is 6.77. The lowest BCUT2D eigenvalue weighted by molar-refractivity contribution is -0.123. The number of rotatable bonds is 7. The van der Waals surface area contributed by atoms with Crippen LogP contribution < -0.4 is 10.1 Å². The minimum atomic E-state index is -0.142. The van der Waals surface area contributed by atoms with E-state index >= 15 is 0 Å². The van der Waals surface area contributed by atoms with Crippen LogP contribution in [0, 0.1) is 0 Å². The molecule has 0 fully saturated rings. The van der Waals surface area contributed by atoms with E-state index in [1.165, 1.54) is 0 Å². The zero-order chi connectivity index (χ0) is 17.5. The summed E-state index contributed by atoms with van der Waals surface area (Å²) < 4.78 is 10.9. The van der Waals surface area contributed by atoms with E-state index in [4.69, 9.17) is 9.26 Å². The summed E-state index contributed by atoms with van der Waals surface area (Å²) in [6.45, 7) is 2.62. The summed E-state index contributed by atoms with van der Waals surface area (Å²) in [5.41, 5.74) is 1.62. The molecule has 0 aliphatic rings. The van der Waals surface area contributed by atoms with Crippen molar-refractivity contribution in [3.8, 4) is 28.6 Å². The first-order chi connectivity index (χ1) is 12.3. The molecule has 0 bridgehead atoms. The fourth-order valence-corrected chi connectivity index (χ4v) is 2.23. The molecule has 0 radical (unpaired) electrons. The first-order valence-electron chi connectivity index (χ1n) is 8.15. The van der Waals surface area contributed by atoms with Gasteiger partial charge in [-0.15, -0.1) is 0 Å². The van der Waals surface area contributed by atoms with Gasteiger partial charge in [0.05, 0.1) is 0 Å². The van der Waals surface area contributed by atoms with E-state index < -0.39 is 0 Å². The second-order valence-corrected chi connectivity index (χ2v) is 5.46. The Morgan fingerprint density at radius 2 is 1.92 bits per heavy atom. The second-order valence-electron chi connectivity index (χ2n) is 5.46. The molecule has 1 amide bonds. The summed E-state index contributed by atoms with van der Waals surface area (Å²) in [5.74, 6) is 1.36. The molecule has 0 saturated heterocycles. The van der Waals surface area contributed by atoms with Crippen LogP contribution in [0.25, 0.3) is 22.8 Å². The van der Waals surface area contributed by atoms with Crippen molar-refractivity contribution in [1.82, 2.24) is 15.5 Å². The molecule has 3 rings (SSSR count). The van der Waals surface area contributed by atoms with Gasteiger partial charge in [-0.3, -0.25) is 4.79 Å². The van der Waals surface area contributed by atoms with E-state index in [1.54, 1.807) is 12.1 Å². The van der Waals surface area contributed by atoms with Crippen molar-refractivity contribution in [3.63, 3.8) is 0 Å². The molecule has 0 aliphatic heterocycles. The standard InChI is InChI=1S/C19H19N3O3/c1-2-11-20-17(23)13-24-16-10-6-9-15(12-16)19-21-18(22-25-19)14-7-4-3-5-8-14/h3-10,12H,2,11,13H2,1H3,(H,20,23). The lowest BCUT2D eigenvalue weighted by Gasteiger charge is -2.07. The molecular formula is C19H19N3O3. The van der Waals surface area contributed by atoms with Gasteiger partial charge >= 0.3 is 0 Å². The lowest BCUT2D eigenvalue weighted by Crippen LogP contribution is -2.29. The topological polar surface area (TPSA) is 77.2 Å². The molecule has 0 atom stereocenters. The van der Waals surface area contributed by atoms with Crippen LogP contribution in [0.2, 0.25) is 0 Å². The van der Waals surface area contributed by atoms with Crippen LogP contribution >= 0.6 is 0 Å². The molecular weight excluding hydrogens is 318 g/mol. The lowest BCUT2D eigenvalue weighted by atomic mass is 10.2. The zero-order valence-corrected chi connectivity index (χ0v) is 13.9. The largest absolute Gasteiger partial charge is 0.484 e. The van der Waals surface area contributed by atoms with Crippen LogP contribution in [0.4, 0.5) is 0 Å². The first kappa shape index (κ1) is 16.7. The van der Waals surface area contributed by atoms with Gasteiger partial charge in [0.15, 0.2) is 6.61 Å². The van der Waals surface area contributed by atoms with Crippen LogP contribution in [0.1, 0.15) is 13.3 Å². The molecule has 6 heteroatoms. The number of hydrogen-bond acceptors (Lipinski definition) is 5. The van der Waals surface area contributed by atoms with Crippen LogP contribution in [-0.2, 0) is 4.79 Å². The minimum absolute atomic E-state index is 0.0252. The second kappa shape index (κ2) is 8.10. The number of benzene rings is 2. The summed E-state index contributed by atoms with van der Waals surface area (Å²) in [4.78, 5) is 16.0. The van der Waals surface area contributed by atoms with Gasteiger partial charge in [-0.25, -0.2) is 0 Å². The first-order valence-corrected chi connectivity index (χ1v) is 8.15. The fourth-order valence-electron chi connectivity index (χ4n) is 2.23.